The SMILES string of the molecule is COC(=O)OC(C)OC(=O)COc1ccccc1. The van der Waals surface area contributed by atoms with Crippen LogP contribution in [0, 0.1) is 0 Å². The average Bonchev–Trinajstić information content (AvgIpc) is 2.37. The number of benzene rings is 1. The molecule has 1 unspecified atom stereocenters. The molecule has 18 heavy (non-hydrogen) atoms. The lowest BCUT2D eigenvalue weighted by Crippen LogP contribution is -2.25. The highest BCUT2D eigenvalue weighted by Crippen LogP contribution is 2.08. The van der Waals surface area contributed by atoms with Crippen LogP contribution in [0.5, 0.6) is 5.75 Å². The third-order valence-electron chi connectivity index (χ3n) is 1.83. The molecule has 0 saturated heterocycles. The zero-order chi connectivity index (χ0) is 13.4. The zero-order valence-corrected chi connectivity index (χ0v) is 10.1. The van der Waals surface area contributed by atoms with Crippen molar-refractivity contribution in [2.75, 3.05) is 13.7 Å². The summed E-state index contributed by atoms with van der Waals surface area (Å²) in [6.07, 6.45) is -1.94. The molecule has 0 aliphatic carbocycles. The maximum Gasteiger partial charge on any atom is 0.511 e. The van der Waals surface area contributed by atoms with E-state index in [9.17, 15) is 9.59 Å². The van der Waals surface area contributed by atoms with Crippen molar-refractivity contribution in [3.05, 3.63) is 30.3 Å². The minimum atomic E-state index is -1.02. The van der Waals surface area contributed by atoms with Crippen molar-refractivity contribution in [3.8, 4) is 5.75 Å². The number of para-hydroxylation sites is 1. The Labute approximate surface area is 104 Å². The van der Waals surface area contributed by atoms with Crippen molar-refractivity contribution >= 4 is 12.1 Å². The van der Waals surface area contributed by atoms with Gasteiger partial charge in [-0.15, -0.1) is 0 Å². The zero-order valence-electron chi connectivity index (χ0n) is 10.1. The third kappa shape index (κ3) is 5.20. The molecule has 6 nitrogen and oxygen atoms in total. The van der Waals surface area contributed by atoms with Gasteiger partial charge in [-0.25, -0.2) is 9.59 Å². The van der Waals surface area contributed by atoms with Crippen molar-refractivity contribution in [3.63, 3.8) is 0 Å². The number of carbonyl (C=O) groups is 2. The molecule has 1 aromatic carbocycles. The standard InChI is InChI=1S/C12H14O6/c1-9(18-12(14)15-2)17-11(13)8-16-10-6-4-3-5-7-10/h3-7,9H,8H2,1-2H3. The molecular formula is C12H14O6. The largest absolute Gasteiger partial charge is 0.511 e. The highest BCUT2D eigenvalue weighted by molar-refractivity contribution is 5.71. The van der Waals surface area contributed by atoms with Gasteiger partial charge in [-0.1, -0.05) is 18.2 Å². The highest BCUT2D eigenvalue weighted by atomic mass is 16.8. The molecule has 0 aromatic heterocycles. The Hall–Kier alpha value is -2.24. The van der Waals surface area contributed by atoms with Crippen molar-refractivity contribution in [2.45, 2.75) is 13.2 Å². The van der Waals surface area contributed by atoms with Crippen LogP contribution in [0.1, 0.15) is 6.92 Å². The minimum absolute atomic E-state index is 0.265. The molecule has 0 heterocycles. The topological polar surface area (TPSA) is 71.1 Å². The first-order chi connectivity index (χ1) is 8.61. The summed E-state index contributed by atoms with van der Waals surface area (Å²) in [5.74, 6) is -0.0914. The smallest absolute Gasteiger partial charge is 0.482 e. The number of methoxy groups -OCH3 is 1. The maximum absolute atomic E-state index is 11.3. The van der Waals surface area contributed by atoms with Gasteiger partial charge < -0.3 is 18.9 Å². The molecule has 1 atom stereocenters. The molecule has 0 aliphatic rings. The van der Waals surface area contributed by atoms with Gasteiger partial charge in [0.25, 0.3) is 0 Å². The summed E-state index contributed by atoms with van der Waals surface area (Å²) >= 11 is 0. The van der Waals surface area contributed by atoms with Crippen LogP contribution >= 0.6 is 0 Å². The Morgan fingerprint density at radius 1 is 1.17 bits per heavy atom. The molecule has 0 N–H and O–H groups in total. The molecule has 0 fully saturated rings. The summed E-state index contributed by atoms with van der Waals surface area (Å²) in [6, 6.07) is 8.81. The van der Waals surface area contributed by atoms with E-state index >= 15 is 0 Å². The molecule has 1 aromatic rings. The molecule has 0 aliphatic heterocycles. The summed E-state index contributed by atoms with van der Waals surface area (Å²) in [7, 11) is 1.16. The summed E-state index contributed by atoms with van der Waals surface area (Å²) in [5, 5.41) is 0. The van der Waals surface area contributed by atoms with E-state index in [4.69, 9.17) is 9.47 Å². The second kappa shape index (κ2) is 7.16. The van der Waals surface area contributed by atoms with Gasteiger partial charge in [0, 0.05) is 6.92 Å². The van der Waals surface area contributed by atoms with Crippen LogP contribution in [0.25, 0.3) is 0 Å². The quantitative estimate of drug-likeness (QED) is 0.588. The Morgan fingerprint density at radius 2 is 1.83 bits per heavy atom. The van der Waals surface area contributed by atoms with Crippen molar-refractivity contribution < 1.29 is 28.5 Å². The van der Waals surface area contributed by atoms with Gasteiger partial charge in [-0.2, -0.15) is 0 Å². The lowest BCUT2D eigenvalue weighted by atomic mass is 10.3. The monoisotopic (exact) mass is 254 g/mol. The van der Waals surface area contributed by atoms with Gasteiger partial charge >= 0.3 is 12.1 Å². The van der Waals surface area contributed by atoms with Gasteiger partial charge in [0.1, 0.15) is 5.75 Å². The molecular weight excluding hydrogens is 240 g/mol. The first-order valence-electron chi connectivity index (χ1n) is 5.23. The van der Waals surface area contributed by atoms with Crippen LogP contribution in [0.3, 0.4) is 0 Å². The van der Waals surface area contributed by atoms with Crippen LogP contribution < -0.4 is 4.74 Å². The second-order valence-corrected chi connectivity index (χ2v) is 3.23. The Kier molecular flexibility index (Phi) is 5.50. The number of esters is 1. The molecule has 0 amide bonds. The number of hydrogen-bond donors (Lipinski definition) is 0. The highest BCUT2D eigenvalue weighted by Gasteiger charge is 2.14. The lowest BCUT2D eigenvalue weighted by Gasteiger charge is -2.13. The van der Waals surface area contributed by atoms with Crippen molar-refractivity contribution in [1.82, 2.24) is 0 Å². The molecule has 98 valence electrons. The van der Waals surface area contributed by atoms with E-state index in [0.29, 0.717) is 5.75 Å². The van der Waals surface area contributed by atoms with Gasteiger partial charge in [-0.3, -0.25) is 0 Å². The Balaban J connectivity index is 2.27. The second-order valence-electron chi connectivity index (χ2n) is 3.23. The Bertz CT molecular complexity index is 389. The molecule has 0 bridgehead atoms. The van der Waals surface area contributed by atoms with Crippen LogP contribution in [0.2, 0.25) is 0 Å². The van der Waals surface area contributed by atoms with E-state index in [1.165, 1.54) is 6.92 Å². The predicted octanol–water partition coefficient (Wildman–Crippen LogP) is 1.74. The van der Waals surface area contributed by atoms with Crippen LogP contribution in [0.4, 0.5) is 4.79 Å². The van der Waals surface area contributed by atoms with E-state index in [1.807, 2.05) is 6.07 Å². The lowest BCUT2D eigenvalue weighted by molar-refractivity contribution is -0.169. The first-order valence-corrected chi connectivity index (χ1v) is 5.23. The summed E-state index contributed by atoms with van der Waals surface area (Å²) in [6.45, 7) is 1.14. The predicted molar refractivity (Wildman–Crippen MR) is 61.0 cm³/mol. The molecule has 0 radical (unpaired) electrons. The summed E-state index contributed by atoms with van der Waals surface area (Å²) in [5.41, 5.74) is 0. The molecule has 6 heteroatoms. The average molecular weight is 254 g/mol. The van der Waals surface area contributed by atoms with E-state index in [1.54, 1.807) is 24.3 Å². The number of hydrogen-bond acceptors (Lipinski definition) is 6. The van der Waals surface area contributed by atoms with Crippen LogP contribution in [0.15, 0.2) is 30.3 Å². The number of rotatable bonds is 5. The maximum atomic E-state index is 11.3. The van der Waals surface area contributed by atoms with E-state index in [-0.39, 0.29) is 6.61 Å². The Morgan fingerprint density at radius 3 is 2.44 bits per heavy atom. The van der Waals surface area contributed by atoms with Gasteiger partial charge in [0.15, 0.2) is 6.61 Å². The van der Waals surface area contributed by atoms with Crippen molar-refractivity contribution in [2.24, 2.45) is 0 Å². The summed E-state index contributed by atoms with van der Waals surface area (Å²) in [4.78, 5) is 22.0. The van der Waals surface area contributed by atoms with Crippen LogP contribution in [-0.4, -0.2) is 32.1 Å². The minimum Gasteiger partial charge on any atom is -0.482 e. The van der Waals surface area contributed by atoms with Gasteiger partial charge in [0.05, 0.1) is 7.11 Å². The van der Waals surface area contributed by atoms with Gasteiger partial charge in [-0.05, 0) is 12.1 Å². The normalized spacial score (nSPS) is 11.2. The first kappa shape index (κ1) is 13.8. The van der Waals surface area contributed by atoms with E-state index in [2.05, 4.69) is 9.47 Å². The fourth-order valence-corrected chi connectivity index (χ4v) is 1.09. The van der Waals surface area contributed by atoms with E-state index in [0.717, 1.165) is 7.11 Å². The van der Waals surface area contributed by atoms with Crippen molar-refractivity contribution in [1.29, 1.82) is 0 Å². The molecule has 1 rings (SSSR count). The summed E-state index contributed by atoms with van der Waals surface area (Å²) < 4.78 is 18.7. The fraction of sp³-hybridized carbons (Fsp3) is 0.333. The van der Waals surface area contributed by atoms with Crippen LogP contribution in [-0.2, 0) is 19.0 Å². The number of ether oxygens (including phenoxy) is 4. The van der Waals surface area contributed by atoms with E-state index < -0.39 is 18.4 Å². The number of carbonyl (C=O) groups excluding carboxylic acids is 2. The van der Waals surface area contributed by atoms with Gasteiger partial charge in [0.2, 0.25) is 6.29 Å². The molecule has 0 spiro atoms. The fourth-order valence-electron chi connectivity index (χ4n) is 1.09. The third-order valence-corrected chi connectivity index (χ3v) is 1.83. The molecule has 0 saturated carbocycles.